The molecule has 1 aromatic heterocycles. The van der Waals surface area contributed by atoms with E-state index in [1.165, 1.54) is 5.56 Å². The number of hydrogen-bond donors (Lipinski definition) is 1. The maximum absolute atomic E-state index is 12.4. The van der Waals surface area contributed by atoms with Crippen molar-refractivity contribution >= 4 is 34.3 Å². The fourth-order valence-corrected chi connectivity index (χ4v) is 3.36. The number of hydrogen-bond acceptors (Lipinski definition) is 4. The largest absolute Gasteiger partial charge is 0.484 e. The molecule has 0 aliphatic heterocycles. The van der Waals surface area contributed by atoms with E-state index in [0.29, 0.717) is 33.9 Å². The zero-order valence-electron chi connectivity index (χ0n) is 17.6. The maximum atomic E-state index is 12.4. The van der Waals surface area contributed by atoms with Crippen molar-refractivity contribution in [2.45, 2.75) is 26.7 Å². The number of carbonyl (C=O) groups excluding carboxylic acids is 1. The molecule has 0 bridgehead atoms. The summed E-state index contributed by atoms with van der Waals surface area (Å²) in [6, 6.07) is 18.8. The lowest BCUT2D eigenvalue weighted by Crippen LogP contribution is -2.20. The number of ether oxygens (including phenoxy) is 1. The second-order valence-electron chi connectivity index (χ2n) is 7.75. The minimum atomic E-state index is -0.305. The van der Waals surface area contributed by atoms with Gasteiger partial charge in [-0.05, 0) is 66.4 Å². The van der Waals surface area contributed by atoms with Crippen molar-refractivity contribution in [3.05, 3.63) is 76.8 Å². The standard InChI is InChI=1S/C25H23ClN2O3/c1-15(2)17-5-8-19(9-6-17)30-14-24(29)27-21-13-18(7-10-20(21)26)25-28-22-12-16(3)4-11-23(22)31-25/h4-13,15H,14H2,1-3H3,(H,27,29). The number of nitrogens with one attached hydrogen (secondary N) is 1. The lowest BCUT2D eigenvalue weighted by molar-refractivity contribution is -0.118. The van der Waals surface area contributed by atoms with Crippen LogP contribution in [0.15, 0.2) is 65.1 Å². The first-order valence-electron chi connectivity index (χ1n) is 10.1. The normalized spacial score (nSPS) is 11.1. The van der Waals surface area contributed by atoms with Crippen LogP contribution in [0.25, 0.3) is 22.6 Å². The third kappa shape index (κ3) is 4.89. The SMILES string of the molecule is Cc1ccc2oc(-c3ccc(Cl)c(NC(=O)COc4ccc(C(C)C)cc4)c3)nc2c1. The Morgan fingerprint density at radius 3 is 2.61 bits per heavy atom. The summed E-state index contributed by atoms with van der Waals surface area (Å²) in [5.41, 5.74) is 5.01. The maximum Gasteiger partial charge on any atom is 0.262 e. The number of anilines is 1. The molecule has 1 heterocycles. The minimum Gasteiger partial charge on any atom is -0.484 e. The Bertz CT molecular complexity index is 1230. The summed E-state index contributed by atoms with van der Waals surface area (Å²) >= 11 is 6.28. The molecule has 1 amide bonds. The average molecular weight is 435 g/mol. The number of aromatic nitrogens is 1. The van der Waals surface area contributed by atoms with Gasteiger partial charge in [-0.1, -0.05) is 43.6 Å². The monoisotopic (exact) mass is 434 g/mol. The highest BCUT2D eigenvalue weighted by Crippen LogP contribution is 2.30. The van der Waals surface area contributed by atoms with E-state index in [1.54, 1.807) is 12.1 Å². The quantitative estimate of drug-likeness (QED) is 0.371. The number of oxazole rings is 1. The Labute approximate surface area is 186 Å². The Balaban J connectivity index is 1.45. The van der Waals surface area contributed by atoms with E-state index < -0.39 is 0 Å². The Morgan fingerprint density at radius 1 is 1.10 bits per heavy atom. The zero-order chi connectivity index (χ0) is 22.0. The van der Waals surface area contributed by atoms with E-state index in [9.17, 15) is 4.79 Å². The molecule has 4 rings (SSSR count). The highest BCUT2D eigenvalue weighted by atomic mass is 35.5. The van der Waals surface area contributed by atoms with Crippen molar-refractivity contribution in [3.8, 4) is 17.2 Å². The molecule has 0 fully saturated rings. The second kappa shape index (κ2) is 8.82. The molecular weight excluding hydrogens is 412 g/mol. The number of carbonyl (C=O) groups is 1. The number of fused-ring (bicyclic) bond motifs is 1. The molecule has 0 spiro atoms. The number of amides is 1. The molecular formula is C25H23ClN2O3. The number of aryl methyl sites for hydroxylation is 1. The van der Waals surface area contributed by atoms with E-state index in [0.717, 1.165) is 16.6 Å². The second-order valence-corrected chi connectivity index (χ2v) is 8.15. The molecule has 0 aliphatic rings. The Kier molecular flexibility index (Phi) is 5.96. The summed E-state index contributed by atoms with van der Waals surface area (Å²) in [6.45, 7) is 6.14. The van der Waals surface area contributed by atoms with Crippen molar-refractivity contribution in [3.63, 3.8) is 0 Å². The fourth-order valence-electron chi connectivity index (χ4n) is 3.20. The summed E-state index contributed by atoms with van der Waals surface area (Å²) in [4.78, 5) is 16.9. The predicted octanol–water partition coefficient (Wildman–Crippen LogP) is 6.60. The van der Waals surface area contributed by atoms with Crippen molar-refractivity contribution < 1.29 is 13.9 Å². The van der Waals surface area contributed by atoms with Gasteiger partial charge < -0.3 is 14.5 Å². The zero-order valence-corrected chi connectivity index (χ0v) is 18.4. The van der Waals surface area contributed by atoms with Gasteiger partial charge in [0.1, 0.15) is 11.3 Å². The van der Waals surface area contributed by atoms with Crippen LogP contribution >= 0.6 is 11.6 Å². The van der Waals surface area contributed by atoms with E-state index in [1.807, 2.05) is 55.5 Å². The van der Waals surface area contributed by atoms with E-state index >= 15 is 0 Å². The molecule has 0 atom stereocenters. The van der Waals surface area contributed by atoms with Crippen LogP contribution in [0, 0.1) is 6.92 Å². The van der Waals surface area contributed by atoms with Gasteiger partial charge in [-0.3, -0.25) is 4.79 Å². The van der Waals surface area contributed by atoms with Gasteiger partial charge in [-0.25, -0.2) is 4.98 Å². The summed E-state index contributed by atoms with van der Waals surface area (Å²) in [6.07, 6.45) is 0. The Morgan fingerprint density at radius 2 is 1.87 bits per heavy atom. The summed E-state index contributed by atoms with van der Waals surface area (Å²) in [5, 5.41) is 3.22. The molecule has 0 saturated carbocycles. The molecule has 0 radical (unpaired) electrons. The molecule has 5 nitrogen and oxygen atoms in total. The molecule has 0 saturated heterocycles. The molecule has 4 aromatic rings. The third-order valence-corrected chi connectivity index (χ3v) is 5.28. The van der Waals surface area contributed by atoms with Crippen LogP contribution in [-0.4, -0.2) is 17.5 Å². The van der Waals surface area contributed by atoms with Crippen LogP contribution in [0.3, 0.4) is 0 Å². The van der Waals surface area contributed by atoms with Gasteiger partial charge >= 0.3 is 0 Å². The van der Waals surface area contributed by atoms with Crippen molar-refractivity contribution in [2.75, 3.05) is 11.9 Å². The highest BCUT2D eigenvalue weighted by molar-refractivity contribution is 6.33. The first-order chi connectivity index (χ1) is 14.9. The topological polar surface area (TPSA) is 64.4 Å². The summed E-state index contributed by atoms with van der Waals surface area (Å²) in [5.74, 6) is 1.24. The van der Waals surface area contributed by atoms with Gasteiger partial charge in [0.2, 0.25) is 5.89 Å². The number of halogens is 1. The van der Waals surface area contributed by atoms with Gasteiger partial charge in [0.15, 0.2) is 12.2 Å². The van der Waals surface area contributed by atoms with Crippen molar-refractivity contribution in [2.24, 2.45) is 0 Å². The van der Waals surface area contributed by atoms with Gasteiger partial charge in [0.25, 0.3) is 5.91 Å². The molecule has 3 aromatic carbocycles. The van der Waals surface area contributed by atoms with Crippen LogP contribution in [0.2, 0.25) is 5.02 Å². The van der Waals surface area contributed by atoms with Gasteiger partial charge in [-0.15, -0.1) is 0 Å². The van der Waals surface area contributed by atoms with Crippen LogP contribution in [-0.2, 0) is 4.79 Å². The van der Waals surface area contributed by atoms with Crippen LogP contribution in [0.1, 0.15) is 30.9 Å². The molecule has 6 heteroatoms. The number of nitrogens with zero attached hydrogens (tertiary/aromatic N) is 1. The predicted molar refractivity (Wildman–Crippen MR) is 124 cm³/mol. The van der Waals surface area contributed by atoms with Crippen molar-refractivity contribution in [1.82, 2.24) is 4.98 Å². The first-order valence-corrected chi connectivity index (χ1v) is 10.5. The number of rotatable bonds is 6. The third-order valence-electron chi connectivity index (χ3n) is 4.95. The van der Waals surface area contributed by atoms with E-state index in [-0.39, 0.29) is 12.5 Å². The van der Waals surface area contributed by atoms with E-state index in [4.69, 9.17) is 20.8 Å². The molecule has 158 valence electrons. The number of benzene rings is 3. The van der Waals surface area contributed by atoms with Crippen LogP contribution in [0.4, 0.5) is 5.69 Å². The lowest BCUT2D eigenvalue weighted by atomic mass is 10.0. The van der Waals surface area contributed by atoms with E-state index in [2.05, 4.69) is 24.1 Å². The smallest absolute Gasteiger partial charge is 0.262 e. The van der Waals surface area contributed by atoms with Crippen molar-refractivity contribution in [1.29, 1.82) is 0 Å². The average Bonchev–Trinajstić information content (AvgIpc) is 3.17. The molecule has 1 N–H and O–H groups in total. The highest BCUT2D eigenvalue weighted by Gasteiger charge is 2.13. The van der Waals surface area contributed by atoms with Gasteiger partial charge in [0, 0.05) is 5.56 Å². The fraction of sp³-hybridized carbons (Fsp3) is 0.200. The molecule has 0 aliphatic carbocycles. The van der Waals surface area contributed by atoms with Crippen LogP contribution < -0.4 is 10.1 Å². The van der Waals surface area contributed by atoms with Gasteiger partial charge in [-0.2, -0.15) is 0 Å². The molecule has 31 heavy (non-hydrogen) atoms. The minimum absolute atomic E-state index is 0.121. The molecule has 0 unspecified atom stereocenters. The first kappa shape index (κ1) is 20.9. The summed E-state index contributed by atoms with van der Waals surface area (Å²) < 4.78 is 11.4. The van der Waals surface area contributed by atoms with Crippen LogP contribution in [0.5, 0.6) is 5.75 Å². The Hall–Kier alpha value is -3.31. The lowest BCUT2D eigenvalue weighted by Gasteiger charge is -2.11. The van der Waals surface area contributed by atoms with Gasteiger partial charge in [0.05, 0.1) is 10.7 Å². The summed E-state index contributed by atoms with van der Waals surface area (Å²) in [7, 11) is 0.